The zero-order valence-corrected chi connectivity index (χ0v) is 22.3. The van der Waals surface area contributed by atoms with Crippen LogP contribution in [0.4, 0.5) is 0 Å². The molecule has 0 aromatic rings. The Hall–Kier alpha value is -0.660. The van der Waals surface area contributed by atoms with Crippen molar-refractivity contribution in [1.29, 1.82) is 0 Å². The van der Waals surface area contributed by atoms with E-state index >= 15 is 0 Å². The van der Waals surface area contributed by atoms with E-state index in [0.717, 1.165) is 12.8 Å². The fraction of sp³-hybridized carbons (Fsp3) is 0.960. The summed E-state index contributed by atoms with van der Waals surface area (Å²) in [7, 11) is -0.295. The third-order valence-electron chi connectivity index (χ3n) is 6.55. The highest BCUT2D eigenvalue weighted by atomic mass is 32.2. The molecule has 1 N–H and O–H groups in total. The van der Waals surface area contributed by atoms with Crippen LogP contribution in [0.5, 0.6) is 0 Å². The van der Waals surface area contributed by atoms with Crippen molar-refractivity contribution in [2.24, 2.45) is 0 Å². The van der Waals surface area contributed by atoms with Gasteiger partial charge < -0.3 is 14.4 Å². The topological polar surface area (TPSA) is 86.3 Å². The Bertz CT molecular complexity index is 564. The molecule has 1 amide bonds. The molecule has 0 fully saturated rings. The Balaban J connectivity index is 3.59. The molecule has 0 radical (unpaired) electrons. The molecule has 32 heavy (non-hydrogen) atoms. The average Bonchev–Trinajstić information content (AvgIpc) is 2.69. The van der Waals surface area contributed by atoms with Crippen LogP contribution in [0.2, 0.25) is 0 Å². The first kappa shape index (κ1) is 31.3. The molecule has 0 saturated carbocycles. The lowest BCUT2D eigenvalue weighted by Gasteiger charge is -2.36. The number of quaternary nitrogens is 1. The lowest BCUT2D eigenvalue weighted by Crippen LogP contribution is -2.56. The molecule has 1 unspecified atom stereocenters. The Morgan fingerprint density at radius 1 is 0.781 bits per heavy atom. The van der Waals surface area contributed by atoms with Crippen molar-refractivity contribution in [2.45, 2.75) is 129 Å². The maximum atomic E-state index is 12.2. The zero-order valence-electron chi connectivity index (χ0n) is 21.5. The van der Waals surface area contributed by atoms with Gasteiger partial charge in [-0.3, -0.25) is 4.79 Å². The predicted octanol–water partition coefficient (Wildman–Crippen LogP) is 5.72. The zero-order chi connectivity index (χ0) is 24.3. The van der Waals surface area contributed by atoms with Gasteiger partial charge in [0.25, 0.3) is 0 Å². The average molecular weight is 477 g/mol. The Morgan fingerprint density at radius 3 is 1.59 bits per heavy atom. The molecule has 0 heterocycles. The molecule has 0 aromatic carbocycles. The van der Waals surface area contributed by atoms with Gasteiger partial charge in [-0.2, -0.15) is 0 Å². The molecule has 0 rings (SSSR count). The summed E-state index contributed by atoms with van der Waals surface area (Å²) >= 11 is 0. The molecule has 0 bridgehead atoms. The van der Waals surface area contributed by atoms with E-state index in [0.29, 0.717) is 23.9 Å². The molecule has 0 aliphatic rings. The third-order valence-corrected chi connectivity index (χ3v) is 7.34. The third kappa shape index (κ3) is 20.0. The Morgan fingerprint density at radius 2 is 1.19 bits per heavy atom. The number of nitrogens with one attached hydrogen (secondary N) is 1. The van der Waals surface area contributed by atoms with Gasteiger partial charge in [0.15, 0.2) is 6.17 Å². The predicted molar refractivity (Wildman–Crippen MR) is 133 cm³/mol. The summed E-state index contributed by atoms with van der Waals surface area (Å²) < 4.78 is 32.7. The van der Waals surface area contributed by atoms with Crippen LogP contribution in [0.1, 0.15) is 123 Å². The first-order chi connectivity index (χ1) is 15.1. The molecule has 0 aliphatic heterocycles. The number of carbonyl (C=O) groups excluding carboxylic acids is 1. The van der Waals surface area contributed by atoms with Crippen molar-refractivity contribution in [3.63, 3.8) is 0 Å². The van der Waals surface area contributed by atoms with E-state index in [2.05, 4.69) is 12.2 Å². The number of amides is 1. The van der Waals surface area contributed by atoms with Gasteiger partial charge in [0, 0.05) is 25.5 Å². The number of unbranched alkanes of at least 4 members (excludes halogenated alkanes) is 14. The van der Waals surface area contributed by atoms with Gasteiger partial charge in [-0.25, -0.2) is 8.42 Å². The summed E-state index contributed by atoms with van der Waals surface area (Å²) in [5, 5.41) is 3.02. The lowest BCUT2D eigenvalue weighted by atomic mass is 10.0. The second kappa shape index (κ2) is 18.7. The molecule has 0 spiro atoms. The van der Waals surface area contributed by atoms with Crippen LogP contribution in [0, 0.1) is 0 Å². The highest BCUT2D eigenvalue weighted by Crippen LogP contribution is 2.14. The van der Waals surface area contributed by atoms with E-state index in [9.17, 15) is 17.8 Å². The van der Waals surface area contributed by atoms with Crippen molar-refractivity contribution < 1.29 is 22.2 Å². The van der Waals surface area contributed by atoms with Gasteiger partial charge in [0.2, 0.25) is 5.91 Å². The van der Waals surface area contributed by atoms with E-state index < -0.39 is 10.1 Å². The van der Waals surface area contributed by atoms with E-state index in [1.807, 2.05) is 21.0 Å². The van der Waals surface area contributed by atoms with Crippen LogP contribution >= 0.6 is 0 Å². The molecule has 0 saturated heterocycles. The maximum Gasteiger partial charge on any atom is 0.224 e. The van der Waals surface area contributed by atoms with Crippen LogP contribution in [0.15, 0.2) is 0 Å². The van der Waals surface area contributed by atoms with Crippen LogP contribution in [0.25, 0.3) is 0 Å². The van der Waals surface area contributed by atoms with E-state index in [-0.39, 0.29) is 17.8 Å². The second-order valence-electron chi connectivity index (χ2n) is 10.1. The number of carbonyl (C=O) groups is 1. The summed E-state index contributed by atoms with van der Waals surface area (Å²) in [6.07, 6.45) is 20.4. The summed E-state index contributed by atoms with van der Waals surface area (Å²) in [4.78, 5) is 12.2. The van der Waals surface area contributed by atoms with Gasteiger partial charge in [-0.05, 0) is 6.42 Å². The molecule has 192 valence electrons. The fourth-order valence-electron chi connectivity index (χ4n) is 3.98. The maximum absolute atomic E-state index is 12.2. The van der Waals surface area contributed by atoms with Gasteiger partial charge >= 0.3 is 0 Å². The highest BCUT2D eigenvalue weighted by Gasteiger charge is 2.25. The highest BCUT2D eigenvalue weighted by molar-refractivity contribution is 7.85. The summed E-state index contributed by atoms with van der Waals surface area (Å²) in [5.74, 6) is -0.302. The number of hydrogen-bond donors (Lipinski definition) is 1. The minimum Gasteiger partial charge on any atom is -0.748 e. The molecular weight excluding hydrogens is 424 g/mol. The monoisotopic (exact) mass is 476 g/mol. The van der Waals surface area contributed by atoms with Crippen LogP contribution in [-0.4, -0.2) is 55.9 Å². The molecule has 1 atom stereocenters. The van der Waals surface area contributed by atoms with E-state index in [1.165, 1.54) is 83.5 Å². The Labute approximate surface area is 199 Å². The van der Waals surface area contributed by atoms with E-state index in [1.54, 1.807) is 0 Å². The number of rotatable bonds is 22. The fourth-order valence-corrected chi connectivity index (χ4v) is 4.46. The van der Waals surface area contributed by atoms with Crippen molar-refractivity contribution in [1.82, 2.24) is 5.32 Å². The van der Waals surface area contributed by atoms with E-state index in [4.69, 9.17) is 0 Å². The largest absolute Gasteiger partial charge is 0.748 e. The van der Waals surface area contributed by atoms with Gasteiger partial charge in [0.05, 0.1) is 30.8 Å². The van der Waals surface area contributed by atoms with Gasteiger partial charge in [-0.15, -0.1) is 0 Å². The van der Waals surface area contributed by atoms with Crippen molar-refractivity contribution in [3.05, 3.63) is 0 Å². The summed E-state index contributed by atoms with van der Waals surface area (Å²) in [6, 6.07) is 0. The van der Waals surface area contributed by atoms with Crippen LogP contribution < -0.4 is 5.32 Å². The molecule has 7 heteroatoms. The molecular formula is C25H52N2O4S. The lowest BCUT2D eigenvalue weighted by molar-refractivity contribution is -0.915. The first-order valence-electron chi connectivity index (χ1n) is 13.1. The smallest absolute Gasteiger partial charge is 0.224 e. The number of nitrogens with zero attached hydrogens (tertiary/aromatic N) is 1. The van der Waals surface area contributed by atoms with Crippen molar-refractivity contribution in [2.75, 3.05) is 26.4 Å². The quantitative estimate of drug-likeness (QED) is 0.0936. The number of hydrogen-bond acceptors (Lipinski definition) is 4. The second-order valence-corrected chi connectivity index (χ2v) is 11.6. The minimum absolute atomic E-state index is 0.0508. The van der Waals surface area contributed by atoms with Gasteiger partial charge in [0.1, 0.15) is 0 Å². The van der Waals surface area contributed by atoms with Gasteiger partial charge in [-0.1, -0.05) is 96.8 Å². The summed E-state index contributed by atoms with van der Waals surface area (Å²) in [5.41, 5.74) is 0. The minimum atomic E-state index is -4.18. The normalized spacial score (nSPS) is 13.3. The summed E-state index contributed by atoms with van der Waals surface area (Å²) in [6.45, 7) is 4.72. The van der Waals surface area contributed by atoms with Crippen LogP contribution in [0.3, 0.4) is 0 Å². The standard InChI is InChI=1S/C25H52N2O4S/c1-5-6-7-8-9-10-11-12-13-14-15-16-17-18-19-21-25(28)26-24(2)27(3,4)22-20-23-32(29,30)31/h24H,5-23H2,1-4H3,(H-,26,28,29,30,31). The molecule has 0 aliphatic carbocycles. The first-order valence-corrected chi connectivity index (χ1v) is 14.7. The van der Waals surface area contributed by atoms with Crippen LogP contribution in [-0.2, 0) is 14.9 Å². The molecule has 6 nitrogen and oxygen atoms in total. The molecule has 0 aromatic heterocycles. The van der Waals surface area contributed by atoms with Crippen molar-refractivity contribution in [3.8, 4) is 0 Å². The Kier molecular flexibility index (Phi) is 18.3. The van der Waals surface area contributed by atoms with Crippen molar-refractivity contribution >= 4 is 16.0 Å². The SMILES string of the molecule is CCCCCCCCCCCCCCCCCC(=O)NC(C)[N+](C)(C)CCCS(=O)(=O)[O-].